The molecular formula is C22H32N2O4. The van der Waals surface area contributed by atoms with Crippen LogP contribution < -0.4 is 0 Å². The van der Waals surface area contributed by atoms with Crippen molar-refractivity contribution < 1.29 is 19.5 Å². The third-order valence-corrected chi connectivity index (χ3v) is 5.72. The Labute approximate surface area is 167 Å². The lowest BCUT2D eigenvalue weighted by Crippen LogP contribution is -2.43. The van der Waals surface area contributed by atoms with Crippen molar-refractivity contribution in [2.24, 2.45) is 0 Å². The molecule has 2 amide bonds. The zero-order chi connectivity index (χ0) is 20.7. The zero-order valence-corrected chi connectivity index (χ0v) is 17.2. The SMILES string of the molecule is CC(=O)N(CC(=O)O)C1CCCN(C(=O)CCC(C)(C)c2ccccc2)CC1. The van der Waals surface area contributed by atoms with Gasteiger partial charge in [0.1, 0.15) is 6.54 Å². The molecule has 1 aromatic carbocycles. The molecule has 1 saturated heterocycles. The molecular weight excluding hydrogens is 356 g/mol. The largest absolute Gasteiger partial charge is 0.480 e. The molecule has 1 aliphatic rings. The molecule has 28 heavy (non-hydrogen) atoms. The van der Waals surface area contributed by atoms with Crippen molar-refractivity contribution in [2.75, 3.05) is 19.6 Å². The highest BCUT2D eigenvalue weighted by molar-refractivity contribution is 5.80. The highest BCUT2D eigenvalue weighted by Gasteiger charge is 2.28. The number of aliphatic carboxylic acids is 1. The first-order valence-electron chi connectivity index (χ1n) is 10.0. The first-order valence-corrected chi connectivity index (χ1v) is 10.0. The van der Waals surface area contributed by atoms with E-state index in [0.29, 0.717) is 25.9 Å². The van der Waals surface area contributed by atoms with E-state index in [2.05, 4.69) is 26.0 Å². The van der Waals surface area contributed by atoms with Crippen molar-refractivity contribution in [2.45, 2.75) is 64.3 Å². The summed E-state index contributed by atoms with van der Waals surface area (Å²) in [5.41, 5.74) is 1.16. The molecule has 0 saturated carbocycles. The minimum absolute atomic E-state index is 0.0712. The Morgan fingerprint density at radius 2 is 1.82 bits per heavy atom. The van der Waals surface area contributed by atoms with Gasteiger partial charge in [0.15, 0.2) is 0 Å². The topological polar surface area (TPSA) is 77.9 Å². The standard InChI is InChI=1S/C22H32N2O4/c1-17(25)24(16-21(27)28)19-10-7-14-23(15-12-19)20(26)11-13-22(2,3)18-8-5-4-6-9-18/h4-6,8-9,19H,7,10-16H2,1-3H3,(H,27,28). The highest BCUT2D eigenvalue weighted by atomic mass is 16.4. The number of carbonyl (C=O) groups excluding carboxylic acids is 2. The number of nitrogens with zero attached hydrogens (tertiary/aromatic N) is 2. The molecule has 0 aliphatic carbocycles. The Hall–Kier alpha value is -2.37. The summed E-state index contributed by atoms with van der Waals surface area (Å²) in [5, 5.41) is 9.06. The van der Waals surface area contributed by atoms with E-state index in [1.165, 1.54) is 17.4 Å². The number of likely N-dealkylation sites (tertiary alicyclic amines) is 1. The van der Waals surface area contributed by atoms with Gasteiger partial charge < -0.3 is 14.9 Å². The summed E-state index contributed by atoms with van der Waals surface area (Å²) < 4.78 is 0. The Kier molecular flexibility index (Phi) is 7.61. The van der Waals surface area contributed by atoms with Crippen LogP contribution in [0.5, 0.6) is 0 Å². The number of amides is 2. The van der Waals surface area contributed by atoms with E-state index in [4.69, 9.17) is 5.11 Å². The van der Waals surface area contributed by atoms with E-state index < -0.39 is 5.97 Å². The molecule has 1 atom stereocenters. The van der Waals surface area contributed by atoms with Crippen LogP contribution in [-0.4, -0.2) is 58.4 Å². The lowest BCUT2D eigenvalue weighted by Gasteiger charge is -2.29. The molecule has 6 heteroatoms. The average Bonchev–Trinajstić information content (AvgIpc) is 2.91. The quantitative estimate of drug-likeness (QED) is 0.779. The smallest absolute Gasteiger partial charge is 0.323 e. The molecule has 0 radical (unpaired) electrons. The summed E-state index contributed by atoms with van der Waals surface area (Å²) in [6.45, 7) is 6.68. The van der Waals surface area contributed by atoms with Crippen LogP contribution in [0.3, 0.4) is 0 Å². The predicted molar refractivity (Wildman–Crippen MR) is 108 cm³/mol. The molecule has 1 heterocycles. The van der Waals surface area contributed by atoms with Crippen molar-refractivity contribution in [1.29, 1.82) is 0 Å². The Balaban J connectivity index is 1.91. The van der Waals surface area contributed by atoms with Crippen LogP contribution in [0.15, 0.2) is 30.3 Å². The number of hydrogen-bond acceptors (Lipinski definition) is 3. The van der Waals surface area contributed by atoms with Crippen LogP contribution >= 0.6 is 0 Å². The maximum Gasteiger partial charge on any atom is 0.323 e. The minimum Gasteiger partial charge on any atom is -0.480 e. The number of carbonyl (C=O) groups is 3. The Bertz CT molecular complexity index is 687. The van der Waals surface area contributed by atoms with Crippen LogP contribution in [0.25, 0.3) is 0 Å². The van der Waals surface area contributed by atoms with Gasteiger partial charge in [-0.2, -0.15) is 0 Å². The minimum atomic E-state index is -1.00. The van der Waals surface area contributed by atoms with Gasteiger partial charge in [0, 0.05) is 32.5 Å². The van der Waals surface area contributed by atoms with E-state index >= 15 is 0 Å². The summed E-state index contributed by atoms with van der Waals surface area (Å²) in [6.07, 6.45) is 3.39. The summed E-state index contributed by atoms with van der Waals surface area (Å²) in [4.78, 5) is 39.0. The van der Waals surface area contributed by atoms with Gasteiger partial charge in [-0.1, -0.05) is 44.2 Å². The molecule has 1 fully saturated rings. The van der Waals surface area contributed by atoms with Crippen LogP contribution in [0, 0.1) is 0 Å². The van der Waals surface area contributed by atoms with E-state index in [-0.39, 0.29) is 29.8 Å². The number of hydrogen-bond donors (Lipinski definition) is 1. The van der Waals surface area contributed by atoms with E-state index in [9.17, 15) is 14.4 Å². The molecule has 154 valence electrons. The van der Waals surface area contributed by atoms with Crippen molar-refractivity contribution in [3.8, 4) is 0 Å². The molecule has 1 aromatic rings. The van der Waals surface area contributed by atoms with Crippen LogP contribution in [-0.2, 0) is 19.8 Å². The molecule has 6 nitrogen and oxygen atoms in total. The fourth-order valence-electron chi connectivity index (χ4n) is 3.89. The van der Waals surface area contributed by atoms with Gasteiger partial charge in [-0.15, -0.1) is 0 Å². The number of carboxylic acids is 1. The second-order valence-corrected chi connectivity index (χ2v) is 8.26. The van der Waals surface area contributed by atoms with Crippen molar-refractivity contribution >= 4 is 17.8 Å². The van der Waals surface area contributed by atoms with Gasteiger partial charge in [-0.3, -0.25) is 14.4 Å². The van der Waals surface area contributed by atoms with E-state index in [1.807, 2.05) is 23.1 Å². The summed E-state index contributed by atoms with van der Waals surface area (Å²) in [7, 11) is 0. The predicted octanol–water partition coefficient (Wildman–Crippen LogP) is 3.06. The van der Waals surface area contributed by atoms with Gasteiger partial charge in [0.05, 0.1) is 0 Å². The van der Waals surface area contributed by atoms with E-state index in [0.717, 1.165) is 19.3 Å². The third kappa shape index (κ3) is 6.08. The van der Waals surface area contributed by atoms with E-state index in [1.54, 1.807) is 0 Å². The second-order valence-electron chi connectivity index (χ2n) is 8.26. The highest BCUT2D eigenvalue weighted by Crippen LogP contribution is 2.29. The van der Waals surface area contributed by atoms with Gasteiger partial charge in [-0.05, 0) is 36.7 Å². The van der Waals surface area contributed by atoms with Gasteiger partial charge in [0.2, 0.25) is 11.8 Å². The van der Waals surface area contributed by atoms with Crippen molar-refractivity contribution in [3.63, 3.8) is 0 Å². The van der Waals surface area contributed by atoms with Gasteiger partial charge >= 0.3 is 5.97 Å². The van der Waals surface area contributed by atoms with Crippen molar-refractivity contribution in [3.05, 3.63) is 35.9 Å². The van der Waals surface area contributed by atoms with Crippen LogP contribution in [0.1, 0.15) is 58.4 Å². The first-order chi connectivity index (χ1) is 13.2. The lowest BCUT2D eigenvalue weighted by molar-refractivity contribution is -0.145. The lowest BCUT2D eigenvalue weighted by atomic mass is 9.80. The zero-order valence-electron chi connectivity index (χ0n) is 17.2. The maximum atomic E-state index is 12.8. The number of benzene rings is 1. The summed E-state index contributed by atoms with van der Waals surface area (Å²) in [6, 6.07) is 10.1. The number of rotatable bonds is 7. The Morgan fingerprint density at radius 3 is 2.43 bits per heavy atom. The monoisotopic (exact) mass is 388 g/mol. The third-order valence-electron chi connectivity index (χ3n) is 5.72. The Morgan fingerprint density at radius 1 is 1.14 bits per heavy atom. The number of carboxylic acid groups (broad SMARTS) is 1. The molecule has 1 aliphatic heterocycles. The fraction of sp³-hybridized carbons (Fsp3) is 0.591. The molecule has 0 bridgehead atoms. The molecule has 1 unspecified atom stereocenters. The normalized spacial score (nSPS) is 17.7. The average molecular weight is 389 g/mol. The first kappa shape index (κ1) is 21.9. The van der Waals surface area contributed by atoms with Crippen LogP contribution in [0.4, 0.5) is 0 Å². The summed E-state index contributed by atoms with van der Waals surface area (Å²) >= 11 is 0. The van der Waals surface area contributed by atoms with Gasteiger partial charge in [0.25, 0.3) is 0 Å². The molecule has 2 rings (SSSR count). The molecule has 0 spiro atoms. The van der Waals surface area contributed by atoms with Crippen LogP contribution in [0.2, 0.25) is 0 Å². The second kappa shape index (κ2) is 9.71. The van der Waals surface area contributed by atoms with Crippen molar-refractivity contribution in [1.82, 2.24) is 9.80 Å². The fourth-order valence-corrected chi connectivity index (χ4v) is 3.89. The molecule has 0 aromatic heterocycles. The molecule has 1 N–H and O–H groups in total. The van der Waals surface area contributed by atoms with Gasteiger partial charge in [-0.25, -0.2) is 0 Å². The maximum absolute atomic E-state index is 12.8. The summed E-state index contributed by atoms with van der Waals surface area (Å²) in [5.74, 6) is -1.09.